The number of nitrogens with one attached hydrogen (secondary N) is 2. The minimum absolute atomic E-state index is 0. The molecule has 0 aromatic heterocycles. The zero-order valence-corrected chi connectivity index (χ0v) is 16.1. The number of aliphatic carboxylic acids is 1. The minimum Gasteiger partial charge on any atom is -1.00 e. The van der Waals surface area contributed by atoms with E-state index in [9.17, 15) is 18.9 Å². The number of hydrogen-bond donors (Lipinski definition) is 5. The van der Waals surface area contributed by atoms with Gasteiger partial charge in [0.25, 0.3) is 0 Å². The molecule has 2 amide bonds. The van der Waals surface area contributed by atoms with Crippen molar-refractivity contribution in [1.29, 1.82) is 0 Å². The molecule has 6 N–H and O–H groups in total. The monoisotopic (exact) mass is 347 g/mol. The Kier molecular flexibility index (Phi) is 11.2. The quantitative estimate of drug-likeness (QED) is 0.220. The van der Waals surface area contributed by atoms with E-state index in [0.717, 1.165) is 0 Å². The van der Waals surface area contributed by atoms with Crippen molar-refractivity contribution >= 4 is 25.2 Å². The standard InChI is InChI=1S/C11H22N3O6P.Na.H/c1-6(9(15)14-7(2)11(17)18)13-10(16)8(12)4-5-21(3,19)20;;/h6-8H,4-5,12H2,1-3H3,(H,13,16)(H,14,15)(H,17,18)(H,19,20);;/q;+1;-1. The van der Waals surface area contributed by atoms with Gasteiger partial charge in [0.05, 0.1) is 6.04 Å². The predicted molar refractivity (Wildman–Crippen MR) is 77.2 cm³/mol. The van der Waals surface area contributed by atoms with Gasteiger partial charge in [-0.05, 0) is 20.3 Å². The van der Waals surface area contributed by atoms with E-state index >= 15 is 0 Å². The van der Waals surface area contributed by atoms with Crippen LogP contribution in [0.4, 0.5) is 0 Å². The number of carboxylic acid groups (broad SMARTS) is 1. The molecule has 0 aromatic rings. The molecule has 0 radical (unpaired) electrons. The molecule has 0 fully saturated rings. The number of carbonyl (C=O) groups excluding carboxylic acids is 2. The number of carbonyl (C=O) groups is 3. The molecule has 0 aromatic carbocycles. The van der Waals surface area contributed by atoms with Crippen molar-refractivity contribution in [2.75, 3.05) is 12.8 Å². The van der Waals surface area contributed by atoms with Gasteiger partial charge >= 0.3 is 35.5 Å². The summed E-state index contributed by atoms with van der Waals surface area (Å²) in [4.78, 5) is 43.0. The Morgan fingerprint density at radius 2 is 1.64 bits per heavy atom. The molecule has 0 aliphatic rings. The van der Waals surface area contributed by atoms with Gasteiger partial charge in [0, 0.05) is 12.8 Å². The molecule has 22 heavy (non-hydrogen) atoms. The molecule has 4 unspecified atom stereocenters. The summed E-state index contributed by atoms with van der Waals surface area (Å²) in [6.45, 7) is 3.84. The van der Waals surface area contributed by atoms with Crippen molar-refractivity contribution < 1.29 is 59.9 Å². The van der Waals surface area contributed by atoms with E-state index in [2.05, 4.69) is 10.6 Å². The van der Waals surface area contributed by atoms with Crippen LogP contribution in [0.2, 0.25) is 0 Å². The molecule has 0 rings (SSSR count). The van der Waals surface area contributed by atoms with Gasteiger partial charge in [-0.15, -0.1) is 0 Å². The Labute approximate surface area is 152 Å². The van der Waals surface area contributed by atoms with Gasteiger partial charge in [-0.1, -0.05) is 0 Å². The largest absolute Gasteiger partial charge is 1.00 e. The van der Waals surface area contributed by atoms with Crippen LogP contribution in [-0.4, -0.2) is 58.7 Å². The summed E-state index contributed by atoms with van der Waals surface area (Å²) in [7, 11) is -3.25. The van der Waals surface area contributed by atoms with Gasteiger partial charge in [-0.3, -0.25) is 18.9 Å². The molecule has 0 aliphatic heterocycles. The van der Waals surface area contributed by atoms with Gasteiger partial charge in [0.1, 0.15) is 12.1 Å². The summed E-state index contributed by atoms with van der Waals surface area (Å²) in [5.41, 5.74) is 5.55. The Hall–Kier alpha value is -0.440. The summed E-state index contributed by atoms with van der Waals surface area (Å²) < 4.78 is 11.1. The Morgan fingerprint density at radius 1 is 1.18 bits per heavy atom. The van der Waals surface area contributed by atoms with Crippen LogP contribution in [0.1, 0.15) is 21.7 Å². The predicted octanol–water partition coefficient (Wildman–Crippen LogP) is -4.19. The van der Waals surface area contributed by atoms with Crippen LogP contribution in [0.25, 0.3) is 0 Å². The van der Waals surface area contributed by atoms with Gasteiger partial charge in [0.2, 0.25) is 11.8 Å². The Morgan fingerprint density at radius 3 is 2.05 bits per heavy atom. The average Bonchev–Trinajstić information content (AvgIpc) is 2.34. The number of rotatable bonds is 8. The van der Waals surface area contributed by atoms with Gasteiger partial charge in [-0.2, -0.15) is 0 Å². The minimum atomic E-state index is -3.25. The molecule has 4 atom stereocenters. The molecule has 124 valence electrons. The van der Waals surface area contributed by atoms with Crippen LogP contribution in [0.3, 0.4) is 0 Å². The molecular weight excluding hydrogens is 324 g/mol. The van der Waals surface area contributed by atoms with Gasteiger partial charge < -0.3 is 27.8 Å². The fraction of sp³-hybridized carbons (Fsp3) is 0.727. The van der Waals surface area contributed by atoms with E-state index in [-0.39, 0.29) is 43.6 Å². The molecule has 11 heteroatoms. The van der Waals surface area contributed by atoms with Crippen LogP contribution in [0, 0.1) is 0 Å². The molecule has 0 saturated heterocycles. The fourth-order valence-electron chi connectivity index (χ4n) is 1.30. The van der Waals surface area contributed by atoms with Gasteiger partial charge in [-0.25, -0.2) is 0 Å². The second-order valence-electron chi connectivity index (χ2n) is 4.97. The van der Waals surface area contributed by atoms with Crippen molar-refractivity contribution in [2.24, 2.45) is 5.73 Å². The third-order valence-corrected chi connectivity index (χ3v) is 3.76. The molecule has 0 heterocycles. The molecule has 0 bridgehead atoms. The SMILES string of the molecule is CC(NC(=O)C(C)NC(=O)C(N)CCP(C)(=O)O)C(=O)O.[H-].[Na+]. The van der Waals surface area contributed by atoms with E-state index in [1.54, 1.807) is 0 Å². The van der Waals surface area contributed by atoms with Crippen LogP contribution < -0.4 is 45.9 Å². The van der Waals surface area contributed by atoms with Gasteiger partial charge in [0.15, 0.2) is 7.37 Å². The molecule has 9 nitrogen and oxygen atoms in total. The van der Waals surface area contributed by atoms with Crippen molar-refractivity contribution in [2.45, 2.75) is 38.4 Å². The Bertz CT molecular complexity index is 461. The summed E-state index contributed by atoms with van der Waals surface area (Å²) >= 11 is 0. The second kappa shape index (κ2) is 10.4. The summed E-state index contributed by atoms with van der Waals surface area (Å²) in [6.07, 6.45) is -0.0891. The third-order valence-electron chi connectivity index (χ3n) is 2.67. The van der Waals surface area contributed by atoms with E-state index in [0.29, 0.717) is 0 Å². The van der Waals surface area contributed by atoms with E-state index in [4.69, 9.17) is 15.7 Å². The number of hydrogen-bond acceptors (Lipinski definition) is 5. The normalized spacial score (nSPS) is 17.1. The maximum Gasteiger partial charge on any atom is 1.00 e. The maximum atomic E-state index is 11.7. The average molecular weight is 347 g/mol. The first-order valence-corrected chi connectivity index (χ1v) is 8.61. The van der Waals surface area contributed by atoms with Crippen molar-refractivity contribution in [3.8, 4) is 0 Å². The number of nitrogens with two attached hydrogens (primary N) is 1. The van der Waals surface area contributed by atoms with Crippen LogP contribution in [0.5, 0.6) is 0 Å². The third kappa shape index (κ3) is 10.3. The molecular formula is C11H23N3NaO6P. The fourth-order valence-corrected chi connectivity index (χ4v) is 2.05. The first kappa shape index (κ1) is 23.8. The summed E-state index contributed by atoms with van der Waals surface area (Å²) in [5.74, 6) is -2.50. The van der Waals surface area contributed by atoms with E-state index in [1.165, 1.54) is 20.5 Å². The van der Waals surface area contributed by atoms with Crippen molar-refractivity contribution in [3.05, 3.63) is 0 Å². The number of carboxylic acids is 1. The van der Waals surface area contributed by atoms with E-state index in [1.807, 2.05) is 0 Å². The van der Waals surface area contributed by atoms with Crippen molar-refractivity contribution in [1.82, 2.24) is 10.6 Å². The maximum absolute atomic E-state index is 11.7. The van der Waals surface area contributed by atoms with Crippen LogP contribution in [0.15, 0.2) is 0 Å². The first-order valence-electron chi connectivity index (χ1n) is 6.32. The van der Waals surface area contributed by atoms with Crippen LogP contribution in [-0.2, 0) is 18.9 Å². The summed E-state index contributed by atoms with van der Waals surface area (Å²) in [6, 6.07) is -3.06. The van der Waals surface area contributed by atoms with Crippen LogP contribution >= 0.6 is 7.37 Å². The smallest absolute Gasteiger partial charge is 1.00 e. The summed E-state index contributed by atoms with van der Waals surface area (Å²) in [5, 5.41) is 13.2. The first-order chi connectivity index (χ1) is 9.44. The topological polar surface area (TPSA) is 159 Å². The molecule has 0 aliphatic carbocycles. The second-order valence-corrected chi connectivity index (χ2v) is 7.52. The zero-order chi connectivity index (χ0) is 16.8. The number of amides is 2. The van der Waals surface area contributed by atoms with E-state index < -0.39 is 43.3 Å². The molecule has 0 spiro atoms. The molecule has 0 saturated carbocycles. The van der Waals surface area contributed by atoms with Crippen molar-refractivity contribution in [3.63, 3.8) is 0 Å². The Balaban J connectivity index is -0.00000200. The zero-order valence-electron chi connectivity index (χ0n) is 14.2.